The van der Waals surface area contributed by atoms with Gasteiger partial charge in [-0.1, -0.05) is 60.1 Å². The monoisotopic (exact) mass is 633 g/mol. The van der Waals surface area contributed by atoms with Crippen LogP contribution < -0.4 is 19.1 Å². The van der Waals surface area contributed by atoms with Crippen LogP contribution in [-0.2, 0) is 24.8 Å². The van der Waals surface area contributed by atoms with Crippen LogP contribution >= 0.6 is 11.6 Å². The van der Waals surface area contributed by atoms with Gasteiger partial charge in [0.15, 0.2) is 6.10 Å². The van der Waals surface area contributed by atoms with E-state index in [2.05, 4.69) is 10.0 Å². The second kappa shape index (κ2) is 11.3. The summed E-state index contributed by atoms with van der Waals surface area (Å²) in [6.45, 7) is -0.283. The van der Waals surface area contributed by atoms with Crippen LogP contribution in [0.15, 0.2) is 125 Å². The third kappa shape index (κ3) is 5.74. The van der Waals surface area contributed by atoms with Gasteiger partial charge >= 0.3 is 0 Å². The first-order chi connectivity index (χ1) is 20.6. The molecule has 0 saturated heterocycles. The number of hydrogen-bond acceptors (Lipinski definition) is 6. The maximum absolute atomic E-state index is 13.6. The maximum Gasteiger partial charge on any atom is 0.267 e. The van der Waals surface area contributed by atoms with Crippen LogP contribution in [0.25, 0.3) is 10.8 Å². The predicted octanol–water partition coefficient (Wildman–Crippen LogP) is 5.89. The molecule has 12 heteroatoms. The number of sulfonamides is 2. The molecule has 6 rings (SSSR count). The second-order valence-electron chi connectivity index (χ2n) is 9.71. The zero-order valence-corrected chi connectivity index (χ0v) is 24.7. The fourth-order valence-corrected chi connectivity index (χ4v) is 7.44. The van der Waals surface area contributed by atoms with Gasteiger partial charge in [0.1, 0.15) is 5.75 Å². The van der Waals surface area contributed by atoms with Crippen LogP contribution in [0.4, 0.5) is 17.1 Å². The summed E-state index contributed by atoms with van der Waals surface area (Å²) in [5.74, 6) is -0.373. The molecule has 43 heavy (non-hydrogen) atoms. The van der Waals surface area contributed by atoms with Gasteiger partial charge in [0.05, 0.1) is 27.7 Å². The van der Waals surface area contributed by atoms with E-state index in [1.54, 1.807) is 36.4 Å². The average Bonchev–Trinajstić information content (AvgIpc) is 3.01. The van der Waals surface area contributed by atoms with Gasteiger partial charge in [-0.3, -0.25) is 13.8 Å². The smallest absolute Gasteiger partial charge is 0.267 e. The largest absolute Gasteiger partial charge is 0.476 e. The molecule has 0 fully saturated rings. The molecule has 1 aliphatic heterocycles. The molecule has 2 N–H and O–H groups in total. The van der Waals surface area contributed by atoms with Crippen molar-refractivity contribution in [1.82, 2.24) is 0 Å². The molecular weight excluding hydrogens is 610 g/mol. The molecule has 0 aromatic heterocycles. The Hall–Kier alpha value is -4.58. The van der Waals surface area contributed by atoms with Gasteiger partial charge in [-0.05, 0) is 72.1 Å². The van der Waals surface area contributed by atoms with Crippen molar-refractivity contribution in [3.63, 3.8) is 0 Å². The van der Waals surface area contributed by atoms with Gasteiger partial charge in [-0.25, -0.2) is 16.8 Å². The molecule has 1 unspecified atom stereocenters. The summed E-state index contributed by atoms with van der Waals surface area (Å²) in [6.07, 6.45) is -1.19. The minimum absolute atomic E-state index is 0.00140. The summed E-state index contributed by atoms with van der Waals surface area (Å²) in [7, 11) is -7.98. The van der Waals surface area contributed by atoms with Crippen LogP contribution in [-0.4, -0.2) is 35.4 Å². The minimum atomic E-state index is -4.05. The number of ether oxygens (including phenoxy) is 1. The highest BCUT2D eigenvalue weighted by Crippen LogP contribution is 2.37. The van der Waals surface area contributed by atoms with Crippen LogP contribution in [0.3, 0.4) is 0 Å². The van der Waals surface area contributed by atoms with E-state index in [9.17, 15) is 21.6 Å². The maximum atomic E-state index is 13.6. The third-order valence-electron chi connectivity index (χ3n) is 6.90. The van der Waals surface area contributed by atoms with Gasteiger partial charge < -0.3 is 10.1 Å². The number of hydrogen-bond donors (Lipinski definition) is 2. The highest BCUT2D eigenvalue weighted by atomic mass is 35.5. The first kappa shape index (κ1) is 28.5. The second-order valence-corrected chi connectivity index (χ2v) is 13.7. The fourth-order valence-electron chi connectivity index (χ4n) is 4.76. The molecule has 0 bridgehead atoms. The molecule has 1 heterocycles. The van der Waals surface area contributed by atoms with E-state index in [0.717, 1.165) is 15.1 Å². The summed E-state index contributed by atoms with van der Waals surface area (Å²) in [4.78, 5) is 13.3. The van der Waals surface area contributed by atoms with Gasteiger partial charge in [0.2, 0.25) is 0 Å². The molecule has 1 aliphatic rings. The number of carbonyl (C=O) groups is 1. The van der Waals surface area contributed by atoms with Crippen molar-refractivity contribution < 1.29 is 26.4 Å². The Morgan fingerprint density at radius 3 is 2.19 bits per heavy atom. The Morgan fingerprint density at radius 1 is 0.767 bits per heavy atom. The number of amides is 1. The number of rotatable bonds is 7. The summed E-state index contributed by atoms with van der Waals surface area (Å²) < 4.78 is 63.0. The Balaban J connectivity index is 1.20. The number of nitrogens with one attached hydrogen (secondary N) is 2. The summed E-state index contributed by atoms with van der Waals surface area (Å²) in [5.41, 5.74) is 1.06. The lowest BCUT2D eigenvalue weighted by molar-refractivity contribution is -0.122. The van der Waals surface area contributed by atoms with E-state index in [1.807, 2.05) is 30.3 Å². The Bertz CT molecular complexity index is 2050. The lowest BCUT2D eigenvalue weighted by Gasteiger charge is -2.34. The minimum Gasteiger partial charge on any atom is -0.476 e. The van der Waals surface area contributed by atoms with Crippen molar-refractivity contribution in [2.75, 3.05) is 20.9 Å². The molecule has 0 spiro atoms. The normalized spacial score (nSPS) is 14.9. The summed E-state index contributed by atoms with van der Waals surface area (Å²) in [5, 5.41) is 4.75. The molecule has 0 saturated carbocycles. The summed E-state index contributed by atoms with van der Waals surface area (Å²) in [6, 6.07) is 30.7. The fraction of sp³-hybridized carbons (Fsp3) is 0.0645. The number of para-hydroxylation sites is 2. The molecule has 5 aromatic carbocycles. The molecule has 218 valence electrons. The van der Waals surface area contributed by atoms with E-state index in [4.69, 9.17) is 16.3 Å². The van der Waals surface area contributed by atoms with Crippen molar-refractivity contribution in [3.8, 4) is 5.75 Å². The first-order valence-corrected chi connectivity index (χ1v) is 16.4. The SMILES string of the molecule is O=C(Nc1ccc(S(=O)(=O)Nc2cccc3ccccc23)cc1)C1CN(S(=O)(=O)c2ccc(Cl)cc2)c2ccccc2O1. The highest BCUT2D eigenvalue weighted by Gasteiger charge is 2.37. The molecule has 1 amide bonds. The number of anilines is 3. The molecule has 0 aliphatic carbocycles. The predicted molar refractivity (Wildman–Crippen MR) is 167 cm³/mol. The van der Waals surface area contributed by atoms with E-state index >= 15 is 0 Å². The molecule has 5 aromatic rings. The molecular formula is C31H24ClN3O6S2. The van der Waals surface area contributed by atoms with Crippen LogP contribution in [0.2, 0.25) is 5.02 Å². The number of fused-ring (bicyclic) bond motifs is 2. The van der Waals surface area contributed by atoms with Gasteiger partial charge in [-0.2, -0.15) is 0 Å². The van der Waals surface area contributed by atoms with Crippen molar-refractivity contribution in [2.24, 2.45) is 0 Å². The first-order valence-electron chi connectivity index (χ1n) is 13.1. The zero-order chi connectivity index (χ0) is 30.2. The molecule has 0 radical (unpaired) electrons. The van der Waals surface area contributed by atoms with E-state index in [1.165, 1.54) is 48.5 Å². The Morgan fingerprint density at radius 2 is 1.42 bits per heavy atom. The van der Waals surface area contributed by atoms with Crippen LogP contribution in [0.5, 0.6) is 5.75 Å². The van der Waals surface area contributed by atoms with Gasteiger partial charge in [0.25, 0.3) is 26.0 Å². The van der Waals surface area contributed by atoms with Gasteiger partial charge in [-0.15, -0.1) is 0 Å². The zero-order valence-electron chi connectivity index (χ0n) is 22.3. The van der Waals surface area contributed by atoms with E-state index < -0.39 is 32.1 Å². The number of carbonyl (C=O) groups excluding carboxylic acids is 1. The molecule has 9 nitrogen and oxygen atoms in total. The number of benzene rings is 5. The van der Waals surface area contributed by atoms with Crippen molar-refractivity contribution in [3.05, 3.63) is 120 Å². The quantitative estimate of drug-likeness (QED) is 0.231. The topological polar surface area (TPSA) is 122 Å². The van der Waals surface area contributed by atoms with Crippen molar-refractivity contribution in [1.29, 1.82) is 0 Å². The van der Waals surface area contributed by atoms with Gasteiger partial charge in [0, 0.05) is 16.1 Å². The average molecular weight is 634 g/mol. The van der Waals surface area contributed by atoms with Crippen molar-refractivity contribution in [2.45, 2.75) is 15.9 Å². The Kier molecular flexibility index (Phi) is 7.47. The third-order valence-corrected chi connectivity index (χ3v) is 10.3. The lowest BCUT2D eigenvalue weighted by atomic mass is 10.1. The standard InChI is InChI=1S/C31H24ClN3O6S2/c32-22-12-16-25(17-13-22)43(39,40)35-20-30(41-29-11-4-3-10-28(29)35)31(36)33-23-14-18-24(19-15-23)42(37,38)34-27-9-5-7-21-6-1-2-8-26(21)27/h1-19,30,34H,20H2,(H,33,36). The number of nitrogens with zero attached hydrogens (tertiary/aromatic N) is 1. The van der Waals surface area contributed by atoms with E-state index in [0.29, 0.717) is 22.1 Å². The van der Waals surface area contributed by atoms with Crippen molar-refractivity contribution >= 4 is 65.4 Å². The summed E-state index contributed by atoms with van der Waals surface area (Å²) >= 11 is 5.94. The van der Waals surface area contributed by atoms with E-state index in [-0.39, 0.29) is 22.1 Å². The molecule has 1 atom stereocenters. The van der Waals surface area contributed by atoms with Crippen LogP contribution in [0.1, 0.15) is 0 Å². The number of halogens is 1. The van der Waals surface area contributed by atoms with Crippen LogP contribution in [0, 0.1) is 0 Å². The highest BCUT2D eigenvalue weighted by molar-refractivity contribution is 7.93. The Labute approximate surface area is 253 Å². The lowest BCUT2D eigenvalue weighted by Crippen LogP contribution is -2.48.